The van der Waals surface area contributed by atoms with Crippen LogP contribution in [0.3, 0.4) is 0 Å². The predicted octanol–water partition coefficient (Wildman–Crippen LogP) is 5.92. The molecule has 0 aliphatic heterocycles. The van der Waals surface area contributed by atoms with Gasteiger partial charge in [0, 0.05) is 29.5 Å². The Morgan fingerprint density at radius 3 is 1.96 bits per heavy atom. The minimum absolute atomic E-state index is 0. The Morgan fingerprint density at radius 2 is 1.42 bits per heavy atom. The first kappa shape index (κ1) is 38.2. The molecule has 2 heterocycles. The second kappa shape index (κ2) is 15.3. The van der Waals surface area contributed by atoms with Gasteiger partial charge < -0.3 is 20.4 Å². The van der Waals surface area contributed by atoms with Crippen LogP contribution in [0.5, 0.6) is 23.3 Å². The molecule has 5 rings (SSSR count). The molecule has 0 fully saturated rings. The summed E-state index contributed by atoms with van der Waals surface area (Å²) in [5, 5.41) is 85.9. The Morgan fingerprint density at radius 1 is 0.800 bits per heavy atom. The van der Waals surface area contributed by atoms with Gasteiger partial charge in [0.2, 0.25) is 17.5 Å². The van der Waals surface area contributed by atoms with Gasteiger partial charge in [0.15, 0.2) is 11.4 Å². The van der Waals surface area contributed by atoms with Crippen LogP contribution in [-0.2, 0) is 27.5 Å². The zero-order valence-electron chi connectivity index (χ0n) is 25.7. The number of rotatable bonds is 8. The fourth-order valence-corrected chi connectivity index (χ4v) is 4.41. The third-order valence-electron chi connectivity index (χ3n) is 6.40. The summed E-state index contributed by atoms with van der Waals surface area (Å²) in [5.41, 5.74) is 0.456. The molecule has 0 saturated carbocycles. The summed E-state index contributed by atoms with van der Waals surface area (Å²) in [7, 11) is -4.82. The molecule has 50 heavy (non-hydrogen) atoms. The van der Waals surface area contributed by atoms with Crippen LogP contribution in [0, 0.1) is 41.0 Å². The smallest absolute Gasteiger partial charge is 0.314 e. The molecule has 2 aromatic heterocycles. The monoisotopic (exact) mass is 748 g/mol. The summed E-state index contributed by atoms with van der Waals surface area (Å²) in [6.07, 6.45) is 0. The molecule has 0 aliphatic rings. The second-order valence-corrected chi connectivity index (χ2v) is 11.3. The molecule has 23 heteroatoms. The number of nitro benzene ring substituents is 2. The molecule has 0 bridgehead atoms. The van der Waals surface area contributed by atoms with E-state index < -0.39 is 42.0 Å². The summed E-state index contributed by atoms with van der Waals surface area (Å²) in [6, 6.07) is 11.7. The van der Waals surface area contributed by atoms with Gasteiger partial charge in [-0.1, -0.05) is 17.7 Å². The van der Waals surface area contributed by atoms with Gasteiger partial charge >= 0.3 is 5.69 Å². The molecule has 0 unspecified atom stereocenters. The number of aromatic amines is 1. The zero-order chi connectivity index (χ0) is 36.2. The van der Waals surface area contributed by atoms with Gasteiger partial charge in [-0.3, -0.25) is 24.8 Å². The first-order valence-electron chi connectivity index (χ1n) is 13.4. The van der Waals surface area contributed by atoms with Crippen molar-refractivity contribution in [2.24, 2.45) is 20.5 Å². The van der Waals surface area contributed by atoms with E-state index in [1.165, 1.54) is 23.7 Å². The number of hydrogen-bond acceptors (Lipinski definition) is 16. The minimum Gasteiger partial charge on any atom is -0.505 e. The van der Waals surface area contributed by atoms with Crippen LogP contribution in [-0.4, -0.2) is 63.2 Å². The van der Waals surface area contributed by atoms with Crippen LogP contribution in [0.1, 0.15) is 17.0 Å². The third-order valence-corrected chi connectivity index (χ3v) is 7.23. The Hall–Kier alpha value is -6.28. The Labute approximate surface area is 291 Å². The van der Waals surface area contributed by atoms with Crippen molar-refractivity contribution >= 4 is 44.2 Å². The van der Waals surface area contributed by atoms with E-state index in [0.29, 0.717) is 23.5 Å². The van der Waals surface area contributed by atoms with Crippen LogP contribution >= 0.6 is 0 Å². The Balaban J connectivity index is 0.000000292. The van der Waals surface area contributed by atoms with Gasteiger partial charge in [-0.05, 0) is 45.0 Å². The molecular formula is C27H24CrN10O11S. The third kappa shape index (κ3) is 8.59. The number of H-pyrrole nitrogens is 1. The average Bonchev–Trinajstić information content (AvgIpc) is 3.51. The van der Waals surface area contributed by atoms with Crippen molar-refractivity contribution in [2.75, 3.05) is 0 Å². The summed E-state index contributed by atoms with van der Waals surface area (Å²) < 4.78 is 33.1. The number of nitrogens with one attached hydrogen (secondary N) is 1. The van der Waals surface area contributed by atoms with Crippen LogP contribution in [0.25, 0.3) is 5.69 Å². The Bertz CT molecular complexity index is 2230. The summed E-state index contributed by atoms with van der Waals surface area (Å²) in [6.45, 7) is 5.03. The van der Waals surface area contributed by atoms with E-state index in [9.17, 15) is 53.6 Å². The number of nitro groups is 2. The fraction of sp³-hybridized carbons (Fsp3) is 0.111. The van der Waals surface area contributed by atoms with Crippen molar-refractivity contribution in [3.05, 3.63) is 91.8 Å². The number of aromatic hydroxyl groups is 4. The molecule has 0 atom stereocenters. The number of non-ortho nitro benzene ring substituents is 1. The Kier molecular flexibility index (Phi) is 11.7. The van der Waals surface area contributed by atoms with Crippen LogP contribution in [0.4, 0.5) is 34.1 Å². The van der Waals surface area contributed by atoms with Crippen LogP contribution in [0.2, 0.25) is 0 Å². The normalized spacial score (nSPS) is 11.3. The van der Waals surface area contributed by atoms with Gasteiger partial charge in [0.05, 0.1) is 33.0 Å². The molecule has 0 radical (unpaired) electrons. The van der Waals surface area contributed by atoms with E-state index in [0.717, 1.165) is 11.6 Å². The maximum atomic E-state index is 11.4. The molecule has 0 amide bonds. The van der Waals surface area contributed by atoms with Crippen LogP contribution in [0.15, 0.2) is 79.9 Å². The van der Waals surface area contributed by atoms with Crippen molar-refractivity contribution in [1.82, 2.24) is 20.0 Å². The maximum Gasteiger partial charge on any atom is 0.314 e. The molecule has 0 saturated heterocycles. The van der Waals surface area contributed by atoms with Crippen LogP contribution < -0.4 is 0 Å². The molecule has 3 aromatic carbocycles. The van der Waals surface area contributed by atoms with Gasteiger partial charge in [-0.15, -0.1) is 20.5 Å². The predicted molar refractivity (Wildman–Crippen MR) is 167 cm³/mol. The number of azo groups is 2. The fourth-order valence-electron chi connectivity index (χ4n) is 3.88. The zero-order valence-corrected chi connectivity index (χ0v) is 27.8. The number of benzene rings is 3. The van der Waals surface area contributed by atoms with Gasteiger partial charge in [-0.2, -0.15) is 23.3 Å². The first-order valence-corrected chi connectivity index (χ1v) is 14.8. The van der Waals surface area contributed by atoms with Gasteiger partial charge in [0.25, 0.3) is 15.8 Å². The van der Waals surface area contributed by atoms with Crippen molar-refractivity contribution in [1.29, 1.82) is 0 Å². The summed E-state index contributed by atoms with van der Waals surface area (Å²) in [4.78, 5) is 19.0. The van der Waals surface area contributed by atoms with Crippen molar-refractivity contribution < 1.29 is 60.6 Å². The first-order chi connectivity index (χ1) is 23.0. The molecule has 5 aromatic rings. The summed E-state index contributed by atoms with van der Waals surface area (Å²) >= 11 is 0. The maximum absolute atomic E-state index is 11.4. The molecular weight excluding hydrogens is 724 g/mol. The minimum atomic E-state index is -4.82. The molecule has 0 spiro atoms. The van der Waals surface area contributed by atoms with E-state index >= 15 is 0 Å². The quantitative estimate of drug-likeness (QED) is 0.0465. The number of phenolic OH excluding ortho intramolecular Hbond substituents is 2. The molecule has 6 N–H and O–H groups in total. The average molecular weight is 749 g/mol. The molecule has 21 nitrogen and oxygen atoms in total. The molecule has 260 valence electrons. The van der Waals surface area contributed by atoms with E-state index in [-0.39, 0.29) is 63.3 Å². The van der Waals surface area contributed by atoms with Crippen molar-refractivity contribution in [3.63, 3.8) is 0 Å². The number of hydrogen-bond donors (Lipinski definition) is 6. The van der Waals surface area contributed by atoms with E-state index in [4.69, 9.17) is 0 Å². The van der Waals surface area contributed by atoms with Crippen molar-refractivity contribution in [2.45, 2.75) is 25.7 Å². The topological polar surface area (TPSA) is 318 Å². The number of aryl methyl sites for hydroxylation is 3. The van der Waals surface area contributed by atoms with Gasteiger partial charge in [0.1, 0.15) is 22.0 Å². The summed E-state index contributed by atoms with van der Waals surface area (Å²) in [5.74, 6) is -1.97. The van der Waals surface area contributed by atoms with E-state index in [1.807, 2.05) is 19.1 Å². The number of aromatic nitrogens is 4. The van der Waals surface area contributed by atoms with Crippen molar-refractivity contribution in [3.8, 4) is 28.9 Å². The largest absolute Gasteiger partial charge is 0.505 e. The molecule has 0 aliphatic carbocycles. The van der Waals surface area contributed by atoms with E-state index in [2.05, 4.69) is 35.8 Å². The number of nitrogens with zero attached hydrogens (tertiary/aromatic N) is 9. The van der Waals surface area contributed by atoms with E-state index in [1.54, 1.807) is 19.1 Å². The van der Waals surface area contributed by atoms with Gasteiger partial charge in [-0.25, -0.2) is 5.10 Å². The second-order valence-electron chi connectivity index (χ2n) is 9.88. The standard InChI is InChI=1S/C17H15N5O7S.C10H9N5O4.Cr/c1-9-3-5-11(6-4-9)21-17(24)15(10(2)20-21)19-18-13-7-12(30(27,28)29)8-14(16(13)23)22(25)26;1-5-9(10(17)14-11-5)13-12-7-3-2-6(15(18)19)4-8(7)16;/h3-8,23-24H,1-2H3,(H,27,28,29);2-4,16H,1H3,(H2,11,14,17);. The number of phenols is 2. The SMILES string of the molecule is Cc1ccc(-n2nc(C)c(N=Nc3cc(S(=O)(=O)O)cc([N+](=O)[O-])c3O)c2O)cc1.Cc1n[nH]c(O)c1N=Nc1ccc([N+](=O)[O-])cc1O.[Cr].